The average Bonchev–Trinajstić information content (AvgIpc) is 2.69. The molecule has 2 rings (SSSR count). The molecule has 82 valence electrons. The van der Waals surface area contributed by atoms with Crippen molar-refractivity contribution in [3.8, 4) is 0 Å². The molecular weight excluding hydrogens is 206 g/mol. The van der Waals surface area contributed by atoms with Crippen molar-refractivity contribution in [3.05, 3.63) is 35.7 Å². The number of aryl methyl sites for hydroxylation is 1. The molecule has 0 unspecified atom stereocenters. The number of methoxy groups -OCH3 is 1. The van der Waals surface area contributed by atoms with Crippen molar-refractivity contribution < 1.29 is 9.53 Å². The molecule has 0 N–H and O–H groups in total. The topological polar surface area (TPSA) is 56.5 Å². The Bertz CT molecular complexity index is 557. The molecule has 2 heterocycles. The van der Waals surface area contributed by atoms with E-state index in [1.165, 1.54) is 13.2 Å². The van der Waals surface area contributed by atoms with Gasteiger partial charge in [-0.05, 0) is 25.1 Å². The van der Waals surface area contributed by atoms with Crippen molar-refractivity contribution in [2.75, 3.05) is 7.11 Å². The largest absolute Gasteiger partial charge is 0.466 e. The van der Waals surface area contributed by atoms with E-state index < -0.39 is 5.97 Å². The summed E-state index contributed by atoms with van der Waals surface area (Å²) in [4.78, 5) is 11.0. The van der Waals surface area contributed by atoms with E-state index in [4.69, 9.17) is 0 Å². The van der Waals surface area contributed by atoms with E-state index in [0.717, 1.165) is 16.9 Å². The van der Waals surface area contributed by atoms with E-state index in [1.54, 1.807) is 10.6 Å². The van der Waals surface area contributed by atoms with Crippen LogP contribution >= 0.6 is 0 Å². The van der Waals surface area contributed by atoms with Crippen LogP contribution in [0.4, 0.5) is 0 Å². The van der Waals surface area contributed by atoms with Gasteiger partial charge in [-0.3, -0.25) is 0 Å². The third-order valence-electron chi connectivity index (χ3n) is 2.24. The SMILES string of the molecule is COC(=O)/C=C/c1cccc2c(C)nnn12. The van der Waals surface area contributed by atoms with Gasteiger partial charge in [0.25, 0.3) is 0 Å². The highest BCUT2D eigenvalue weighted by Gasteiger charge is 2.03. The van der Waals surface area contributed by atoms with Gasteiger partial charge in [0, 0.05) is 6.08 Å². The van der Waals surface area contributed by atoms with Crippen molar-refractivity contribution in [1.82, 2.24) is 14.8 Å². The number of nitrogens with zero attached hydrogens (tertiary/aromatic N) is 3. The molecule has 0 aliphatic heterocycles. The van der Waals surface area contributed by atoms with Crippen molar-refractivity contribution in [3.63, 3.8) is 0 Å². The van der Waals surface area contributed by atoms with Gasteiger partial charge >= 0.3 is 5.97 Å². The fraction of sp³-hybridized carbons (Fsp3) is 0.182. The minimum atomic E-state index is -0.395. The van der Waals surface area contributed by atoms with E-state index in [2.05, 4.69) is 15.0 Å². The monoisotopic (exact) mass is 217 g/mol. The van der Waals surface area contributed by atoms with E-state index in [0.29, 0.717) is 0 Å². The van der Waals surface area contributed by atoms with E-state index >= 15 is 0 Å². The minimum absolute atomic E-state index is 0.395. The second-order valence-electron chi connectivity index (χ2n) is 3.28. The zero-order valence-electron chi connectivity index (χ0n) is 9.04. The summed E-state index contributed by atoms with van der Waals surface area (Å²) in [5.74, 6) is -0.395. The Labute approximate surface area is 92.3 Å². The average molecular weight is 217 g/mol. The highest BCUT2D eigenvalue weighted by molar-refractivity contribution is 5.86. The van der Waals surface area contributed by atoms with Crippen molar-refractivity contribution in [2.24, 2.45) is 0 Å². The Morgan fingerprint density at radius 2 is 2.31 bits per heavy atom. The lowest BCUT2D eigenvalue weighted by molar-refractivity contribution is -0.134. The van der Waals surface area contributed by atoms with Gasteiger partial charge in [0.1, 0.15) is 0 Å². The van der Waals surface area contributed by atoms with Crippen molar-refractivity contribution in [2.45, 2.75) is 6.92 Å². The third kappa shape index (κ3) is 1.79. The van der Waals surface area contributed by atoms with Gasteiger partial charge in [0.15, 0.2) is 0 Å². The third-order valence-corrected chi connectivity index (χ3v) is 2.24. The molecule has 0 radical (unpaired) electrons. The number of pyridine rings is 1. The summed E-state index contributed by atoms with van der Waals surface area (Å²) in [6.07, 6.45) is 3.00. The molecular formula is C11H11N3O2. The summed E-state index contributed by atoms with van der Waals surface area (Å²) in [6, 6.07) is 5.66. The molecule has 2 aromatic rings. The van der Waals surface area contributed by atoms with E-state index in [9.17, 15) is 4.79 Å². The number of hydrogen-bond acceptors (Lipinski definition) is 4. The van der Waals surface area contributed by atoms with Gasteiger partial charge in [-0.15, -0.1) is 5.10 Å². The first kappa shape index (κ1) is 10.4. The lowest BCUT2D eigenvalue weighted by atomic mass is 10.3. The standard InChI is InChI=1S/C11H11N3O2/c1-8-10-5-3-4-9(14(10)13-12-8)6-7-11(15)16-2/h3-7H,1-2H3/b7-6+. The van der Waals surface area contributed by atoms with Gasteiger partial charge < -0.3 is 4.74 Å². The van der Waals surface area contributed by atoms with Crippen molar-refractivity contribution >= 4 is 17.6 Å². The number of esters is 1. The predicted octanol–water partition coefficient (Wildman–Crippen LogP) is 1.22. The van der Waals surface area contributed by atoms with Crippen LogP contribution < -0.4 is 0 Å². The van der Waals surface area contributed by atoms with E-state index in [1.807, 2.05) is 25.1 Å². The summed E-state index contributed by atoms with van der Waals surface area (Å²) in [5.41, 5.74) is 2.56. The molecule has 0 spiro atoms. The molecule has 0 aromatic carbocycles. The Balaban J connectivity index is 2.45. The molecule has 0 bridgehead atoms. The maximum atomic E-state index is 11.0. The molecule has 2 aromatic heterocycles. The molecule has 0 saturated heterocycles. The number of ether oxygens (including phenoxy) is 1. The van der Waals surface area contributed by atoms with Crippen LogP contribution in [0.3, 0.4) is 0 Å². The van der Waals surface area contributed by atoms with Crippen LogP contribution in [-0.2, 0) is 9.53 Å². The quantitative estimate of drug-likeness (QED) is 0.560. The Morgan fingerprint density at radius 1 is 1.50 bits per heavy atom. The van der Waals surface area contributed by atoms with Gasteiger partial charge in [-0.2, -0.15) is 0 Å². The predicted molar refractivity (Wildman–Crippen MR) is 58.8 cm³/mol. The van der Waals surface area contributed by atoms with Gasteiger partial charge in [0.05, 0.1) is 24.0 Å². The first-order valence-electron chi connectivity index (χ1n) is 4.79. The molecule has 0 fully saturated rings. The zero-order chi connectivity index (χ0) is 11.5. The summed E-state index contributed by atoms with van der Waals surface area (Å²) >= 11 is 0. The van der Waals surface area contributed by atoms with Gasteiger partial charge in [-0.1, -0.05) is 11.3 Å². The number of aromatic nitrogens is 3. The van der Waals surface area contributed by atoms with Gasteiger partial charge in [-0.25, -0.2) is 9.31 Å². The highest BCUT2D eigenvalue weighted by atomic mass is 16.5. The molecule has 16 heavy (non-hydrogen) atoms. The summed E-state index contributed by atoms with van der Waals surface area (Å²) in [6.45, 7) is 1.89. The maximum absolute atomic E-state index is 11.0. The summed E-state index contributed by atoms with van der Waals surface area (Å²) in [5, 5.41) is 7.95. The van der Waals surface area contributed by atoms with Gasteiger partial charge in [0.2, 0.25) is 0 Å². The molecule has 5 nitrogen and oxygen atoms in total. The fourth-order valence-corrected chi connectivity index (χ4v) is 1.40. The Morgan fingerprint density at radius 3 is 3.06 bits per heavy atom. The lowest BCUT2D eigenvalue weighted by Crippen LogP contribution is -1.96. The lowest BCUT2D eigenvalue weighted by Gasteiger charge is -1.97. The maximum Gasteiger partial charge on any atom is 0.330 e. The second kappa shape index (κ2) is 4.14. The normalized spacial score (nSPS) is 11.1. The molecule has 0 aliphatic carbocycles. The fourth-order valence-electron chi connectivity index (χ4n) is 1.40. The highest BCUT2D eigenvalue weighted by Crippen LogP contribution is 2.10. The summed E-state index contributed by atoms with van der Waals surface area (Å²) in [7, 11) is 1.34. The minimum Gasteiger partial charge on any atom is -0.466 e. The molecule has 5 heteroatoms. The molecule has 0 aliphatic rings. The van der Waals surface area contributed by atoms with Crippen LogP contribution in [0, 0.1) is 6.92 Å². The molecule has 0 atom stereocenters. The Kier molecular flexibility index (Phi) is 2.68. The second-order valence-corrected chi connectivity index (χ2v) is 3.28. The van der Waals surface area contributed by atoms with Crippen LogP contribution in [0.25, 0.3) is 11.6 Å². The van der Waals surface area contributed by atoms with Crippen LogP contribution in [0.5, 0.6) is 0 Å². The summed E-state index contributed by atoms with van der Waals surface area (Å²) < 4.78 is 6.19. The van der Waals surface area contributed by atoms with Crippen LogP contribution in [0.2, 0.25) is 0 Å². The van der Waals surface area contributed by atoms with E-state index in [-0.39, 0.29) is 0 Å². The first-order chi connectivity index (χ1) is 7.72. The number of carbonyl (C=O) groups is 1. The number of rotatable bonds is 2. The molecule has 0 saturated carbocycles. The van der Waals surface area contributed by atoms with Crippen LogP contribution in [-0.4, -0.2) is 27.9 Å². The Hall–Kier alpha value is -2.17. The first-order valence-corrected chi connectivity index (χ1v) is 4.79. The van der Waals surface area contributed by atoms with Crippen LogP contribution in [0.15, 0.2) is 24.3 Å². The van der Waals surface area contributed by atoms with Crippen LogP contribution in [0.1, 0.15) is 11.4 Å². The number of hydrogen-bond donors (Lipinski definition) is 0. The number of fused-ring (bicyclic) bond motifs is 1. The molecule has 0 amide bonds. The number of carbonyl (C=O) groups excluding carboxylic acids is 1. The smallest absolute Gasteiger partial charge is 0.330 e. The zero-order valence-corrected chi connectivity index (χ0v) is 9.04. The van der Waals surface area contributed by atoms with Crippen molar-refractivity contribution in [1.29, 1.82) is 0 Å².